The zero-order valence-corrected chi connectivity index (χ0v) is 14.9. The van der Waals surface area contributed by atoms with Gasteiger partial charge in [-0.3, -0.25) is 4.79 Å². The third-order valence-corrected chi connectivity index (χ3v) is 3.93. The largest absolute Gasteiger partial charge is 0.332 e. The molecule has 0 unspecified atom stereocenters. The molecule has 122 valence electrons. The van der Waals surface area contributed by atoms with Crippen LogP contribution in [0.5, 0.6) is 0 Å². The van der Waals surface area contributed by atoms with Crippen LogP contribution in [-0.2, 0) is 4.79 Å². The van der Waals surface area contributed by atoms with E-state index in [0.29, 0.717) is 0 Å². The summed E-state index contributed by atoms with van der Waals surface area (Å²) < 4.78 is 0. The molecule has 0 bridgehead atoms. The van der Waals surface area contributed by atoms with E-state index in [4.69, 9.17) is 0 Å². The van der Waals surface area contributed by atoms with Crippen molar-refractivity contribution in [3.8, 4) is 0 Å². The van der Waals surface area contributed by atoms with E-state index >= 15 is 0 Å². The zero-order chi connectivity index (χ0) is 17.8. The Kier molecular flexibility index (Phi) is 10.2. The first-order valence-corrected chi connectivity index (χ1v) is 8.20. The Balaban J connectivity index is 0.00000232. The molecule has 0 aliphatic carbocycles. The van der Waals surface area contributed by atoms with Crippen LogP contribution < -0.4 is 0 Å². The Morgan fingerprint density at radius 3 is 2.09 bits per heavy atom. The van der Waals surface area contributed by atoms with Gasteiger partial charge in [-0.05, 0) is 24.3 Å². The Hall–Kier alpha value is -2.26. The standard InChI is InChI=1S/C18H19NOS.C2H6/c1-6-11-16-18(12-7-2)21-17(10-5)15(9-4)19(16)13-14(20)8-3;1-2/h6-12H,1-5,13H2;1-2H3/b16-11+,18-12+;. The van der Waals surface area contributed by atoms with Crippen molar-refractivity contribution in [2.75, 3.05) is 6.54 Å². The molecule has 0 amide bonds. The van der Waals surface area contributed by atoms with Crippen LogP contribution in [0.1, 0.15) is 13.8 Å². The van der Waals surface area contributed by atoms with Crippen LogP contribution in [0, 0.1) is 0 Å². The molecule has 1 rings (SSSR count). The van der Waals surface area contributed by atoms with E-state index in [9.17, 15) is 4.79 Å². The number of carbonyl (C=O) groups excluding carboxylic acids is 1. The average molecular weight is 327 g/mol. The number of allylic oxidation sites excluding steroid dienone is 6. The lowest BCUT2D eigenvalue weighted by atomic mass is 10.2. The van der Waals surface area contributed by atoms with Crippen LogP contribution in [0.2, 0.25) is 0 Å². The molecule has 1 aliphatic rings. The topological polar surface area (TPSA) is 20.3 Å². The van der Waals surface area contributed by atoms with Gasteiger partial charge in [0.1, 0.15) is 0 Å². The van der Waals surface area contributed by atoms with Gasteiger partial charge in [0.25, 0.3) is 0 Å². The van der Waals surface area contributed by atoms with Crippen molar-refractivity contribution in [2.24, 2.45) is 0 Å². The maximum atomic E-state index is 11.8. The minimum absolute atomic E-state index is 0.0717. The van der Waals surface area contributed by atoms with Crippen molar-refractivity contribution in [2.45, 2.75) is 13.8 Å². The Morgan fingerprint density at radius 2 is 1.65 bits per heavy atom. The molecule has 0 spiro atoms. The first kappa shape index (κ1) is 20.7. The fourth-order valence-corrected chi connectivity index (χ4v) is 2.94. The Bertz CT molecular complexity index is 591. The summed E-state index contributed by atoms with van der Waals surface area (Å²) in [7, 11) is 0. The third kappa shape index (κ3) is 5.46. The van der Waals surface area contributed by atoms with Crippen molar-refractivity contribution < 1.29 is 4.79 Å². The molecular formula is C20H25NOS. The number of hydrogen-bond donors (Lipinski definition) is 0. The molecule has 0 N–H and O–H groups in total. The number of carbonyl (C=O) groups is 1. The number of hydrogen-bond acceptors (Lipinski definition) is 3. The molecule has 23 heavy (non-hydrogen) atoms. The van der Waals surface area contributed by atoms with Crippen molar-refractivity contribution in [3.63, 3.8) is 0 Å². The van der Waals surface area contributed by atoms with Gasteiger partial charge in [-0.25, -0.2) is 0 Å². The minimum atomic E-state index is -0.0717. The molecule has 3 heteroatoms. The monoisotopic (exact) mass is 327 g/mol. The number of rotatable bonds is 7. The fourth-order valence-electron chi connectivity index (χ4n) is 1.88. The van der Waals surface area contributed by atoms with E-state index < -0.39 is 0 Å². The summed E-state index contributed by atoms with van der Waals surface area (Å²) in [6.45, 7) is 22.9. The van der Waals surface area contributed by atoms with Gasteiger partial charge in [0, 0.05) is 9.81 Å². The summed E-state index contributed by atoms with van der Waals surface area (Å²) >= 11 is 1.56. The number of thioether (sulfide) groups is 1. The minimum Gasteiger partial charge on any atom is -0.332 e. The highest BCUT2D eigenvalue weighted by Gasteiger charge is 2.26. The van der Waals surface area contributed by atoms with E-state index in [2.05, 4.69) is 32.9 Å². The Morgan fingerprint density at radius 1 is 1.04 bits per heavy atom. The van der Waals surface area contributed by atoms with E-state index in [1.165, 1.54) is 6.08 Å². The summed E-state index contributed by atoms with van der Waals surface area (Å²) in [5.74, 6) is -0.0717. The van der Waals surface area contributed by atoms with E-state index in [-0.39, 0.29) is 12.3 Å². The average Bonchev–Trinajstić information content (AvgIpc) is 2.59. The third-order valence-electron chi connectivity index (χ3n) is 2.77. The van der Waals surface area contributed by atoms with Crippen LogP contribution in [-0.4, -0.2) is 17.2 Å². The van der Waals surface area contributed by atoms with Gasteiger partial charge in [0.15, 0.2) is 5.78 Å². The number of nitrogens with zero attached hydrogens (tertiary/aromatic N) is 1. The zero-order valence-electron chi connectivity index (χ0n) is 14.0. The first-order chi connectivity index (χ1) is 11.1. The predicted octanol–water partition coefficient (Wildman–Crippen LogP) is 5.54. The van der Waals surface area contributed by atoms with Gasteiger partial charge >= 0.3 is 0 Å². The molecule has 0 radical (unpaired) electrons. The summed E-state index contributed by atoms with van der Waals surface area (Å²) in [6.07, 6.45) is 12.0. The molecule has 0 fully saturated rings. The summed E-state index contributed by atoms with van der Waals surface area (Å²) in [6, 6.07) is 0. The molecule has 0 aromatic carbocycles. The lowest BCUT2D eigenvalue weighted by Gasteiger charge is -2.34. The van der Waals surface area contributed by atoms with Crippen molar-refractivity contribution in [1.29, 1.82) is 0 Å². The SMILES string of the molecule is C=C/C=C1/SC(C=C)=C(C=C)N(CC(=O)C=C)/C1=C/C=C.CC. The predicted molar refractivity (Wildman–Crippen MR) is 105 cm³/mol. The molecule has 1 heterocycles. The van der Waals surface area contributed by atoms with E-state index in [1.807, 2.05) is 30.9 Å². The maximum Gasteiger partial charge on any atom is 0.174 e. The van der Waals surface area contributed by atoms with Crippen LogP contribution in [0.3, 0.4) is 0 Å². The molecule has 0 aromatic heterocycles. The molecule has 0 atom stereocenters. The second kappa shape index (κ2) is 11.3. The first-order valence-electron chi connectivity index (χ1n) is 7.38. The van der Waals surface area contributed by atoms with Crippen molar-refractivity contribution in [1.82, 2.24) is 4.90 Å². The molecule has 0 saturated heterocycles. The quantitative estimate of drug-likeness (QED) is 0.573. The molecule has 1 aliphatic heterocycles. The van der Waals surface area contributed by atoms with Gasteiger partial charge < -0.3 is 4.90 Å². The van der Waals surface area contributed by atoms with E-state index in [1.54, 1.807) is 36.1 Å². The van der Waals surface area contributed by atoms with Crippen LogP contribution in [0.4, 0.5) is 0 Å². The van der Waals surface area contributed by atoms with Gasteiger partial charge in [-0.15, -0.1) is 0 Å². The molecule has 0 saturated carbocycles. The van der Waals surface area contributed by atoms with Gasteiger partial charge in [-0.1, -0.05) is 76.7 Å². The smallest absolute Gasteiger partial charge is 0.174 e. The Labute approximate surface area is 144 Å². The van der Waals surface area contributed by atoms with Gasteiger partial charge in [0.2, 0.25) is 0 Å². The highest BCUT2D eigenvalue weighted by molar-refractivity contribution is 8.07. The number of ketones is 1. The highest BCUT2D eigenvalue weighted by Crippen LogP contribution is 2.42. The summed E-state index contributed by atoms with van der Waals surface area (Å²) in [4.78, 5) is 15.6. The molecule has 2 nitrogen and oxygen atoms in total. The molecular weight excluding hydrogens is 302 g/mol. The van der Waals surface area contributed by atoms with Crippen molar-refractivity contribution in [3.05, 3.63) is 96.6 Å². The second-order valence-electron chi connectivity index (χ2n) is 4.07. The molecule has 0 aromatic rings. The van der Waals surface area contributed by atoms with Crippen LogP contribution >= 0.6 is 11.8 Å². The summed E-state index contributed by atoms with van der Waals surface area (Å²) in [5.41, 5.74) is 1.73. The van der Waals surface area contributed by atoms with Crippen LogP contribution in [0.25, 0.3) is 0 Å². The fraction of sp³-hybridized carbons (Fsp3) is 0.150. The second-order valence-corrected chi connectivity index (χ2v) is 5.15. The van der Waals surface area contributed by atoms with Crippen LogP contribution in [0.15, 0.2) is 96.6 Å². The van der Waals surface area contributed by atoms with Gasteiger partial charge in [0.05, 0.1) is 17.9 Å². The lowest BCUT2D eigenvalue weighted by Crippen LogP contribution is -2.30. The van der Waals surface area contributed by atoms with Gasteiger partial charge in [-0.2, -0.15) is 0 Å². The summed E-state index contributed by atoms with van der Waals surface area (Å²) in [5, 5.41) is 0. The van der Waals surface area contributed by atoms with E-state index in [0.717, 1.165) is 21.2 Å². The van der Waals surface area contributed by atoms with Crippen molar-refractivity contribution >= 4 is 17.5 Å². The maximum absolute atomic E-state index is 11.8. The highest BCUT2D eigenvalue weighted by atomic mass is 32.2. The lowest BCUT2D eigenvalue weighted by molar-refractivity contribution is -0.114. The normalized spacial score (nSPS) is 17.2.